The monoisotopic (exact) mass is 280 g/mol. The molecule has 0 aromatic carbocycles. The van der Waals surface area contributed by atoms with E-state index in [2.05, 4.69) is 15.5 Å². The van der Waals surface area contributed by atoms with E-state index in [0.29, 0.717) is 24.7 Å². The Balaban J connectivity index is 2.35. The smallest absolute Gasteiger partial charge is 0.303 e. The third kappa shape index (κ3) is 5.64. The SMILES string of the molecule is CCC(CCNc1ccc(C(N)=O)nn1)CCC(=O)O. The highest BCUT2D eigenvalue weighted by atomic mass is 16.4. The largest absolute Gasteiger partial charge is 0.481 e. The van der Waals surface area contributed by atoms with Crippen LogP contribution in [0.5, 0.6) is 0 Å². The van der Waals surface area contributed by atoms with Gasteiger partial charge in [-0.1, -0.05) is 13.3 Å². The standard InChI is InChI=1S/C13H20N4O3/c1-2-9(3-6-12(18)19)7-8-15-11-5-4-10(13(14)20)16-17-11/h4-5,9H,2-3,6-8H2,1H3,(H2,14,20)(H,15,17)(H,18,19). The number of nitrogens with two attached hydrogens (primary N) is 1. The number of amides is 1. The van der Waals surface area contributed by atoms with Crippen molar-refractivity contribution >= 4 is 17.7 Å². The summed E-state index contributed by atoms with van der Waals surface area (Å²) in [6.45, 7) is 2.73. The van der Waals surface area contributed by atoms with Crippen LogP contribution in [-0.2, 0) is 4.79 Å². The number of carboxylic acid groups (broad SMARTS) is 1. The van der Waals surface area contributed by atoms with Crippen LogP contribution in [-0.4, -0.2) is 33.7 Å². The van der Waals surface area contributed by atoms with Crippen molar-refractivity contribution < 1.29 is 14.7 Å². The van der Waals surface area contributed by atoms with Crippen molar-refractivity contribution in [3.05, 3.63) is 17.8 Å². The molecule has 0 fully saturated rings. The van der Waals surface area contributed by atoms with Crippen LogP contribution in [0.1, 0.15) is 43.1 Å². The fourth-order valence-electron chi connectivity index (χ4n) is 1.84. The lowest BCUT2D eigenvalue weighted by molar-refractivity contribution is -0.137. The molecule has 0 radical (unpaired) electrons. The van der Waals surface area contributed by atoms with Gasteiger partial charge in [0.2, 0.25) is 0 Å². The zero-order valence-electron chi connectivity index (χ0n) is 11.5. The minimum atomic E-state index is -0.760. The van der Waals surface area contributed by atoms with Crippen LogP contribution in [0.2, 0.25) is 0 Å². The van der Waals surface area contributed by atoms with Crippen LogP contribution in [0.3, 0.4) is 0 Å². The van der Waals surface area contributed by atoms with E-state index in [1.165, 1.54) is 6.07 Å². The van der Waals surface area contributed by atoms with E-state index in [9.17, 15) is 9.59 Å². The first kappa shape index (κ1) is 15.9. The molecule has 0 aliphatic rings. The van der Waals surface area contributed by atoms with E-state index in [1.807, 2.05) is 6.92 Å². The third-order valence-corrected chi connectivity index (χ3v) is 3.12. The van der Waals surface area contributed by atoms with Gasteiger partial charge in [0.25, 0.3) is 5.91 Å². The molecule has 0 saturated carbocycles. The number of carboxylic acids is 1. The Kier molecular flexibility index (Phi) is 6.42. The molecular formula is C13H20N4O3. The third-order valence-electron chi connectivity index (χ3n) is 3.12. The lowest BCUT2D eigenvalue weighted by Crippen LogP contribution is -2.15. The van der Waals surface area contributed by atoms with E-state index in [-0.39, 0.29) is 12.1 Å². The lowest BCUT2D eigenvalue weighted by atomic mass is 9.97. The number of rotatable bonds is 9. The molecular weight excluding hydrogens is 260 g/mol. The van der Waals surface area contributed by atoms with Crippen LogP contribution in [0.15, 0.2) is 12.1 Å². The van der Waals surface area contributed by atoms with Crippen molar-refractivity contribution in [2.24, 2.45) is 11.7 Å². The average Bonchev–Trinajstić information content (AvgIpc) is 2.42. The number of nitrogens with one attached hydrogen (secondary N) is 1. The Bertz CT molecular complexity index is 447. The topological polar surface area (TPSA) is 118 Å². The Morgan fingerprint density at radius 1 is 1.35 bits per heavy atom. The summed E-state index contributed by atoms with van der Waals surface area (Å²) in [6, 6.07) is 3.16. The number of primary amides is 1. The van der Waals surface area contributed by atoms with Gasteiger partial charge in [0.1, 0.15) is 5.82 Å². The fraction of sp³-hybridized carbons (Fsp3) is 0.538. The van der Waals surface area contributed by atoms with Crippen molar-refractivity contribution in [3.63, 3.8) is 0 Å². The molecule has 0 bridgehead atoms. The van der Waals surface area contributed by atoms with Crippen molar-refractivity contribution in [2.75, 3.05) is 11.9 Å². The maximum absolute atomic E-state index is 10.8. The van der Waals surface area contributed by atoms with E-state index in [1.54, 1.807) is 6.07 Å². The highest BCUT2D eigenvalue weighted by Crippen LogP contribution is 2.15. The second kappa shape index (κ2) is 8.08. The Morgan fingerprint density at radius 2 is 2.10 bits per heavy atom. The van der Waals surface area contributed by atoms with Gasteiger partial charge in [0.15, 0.2) is 5.69 Å². The molecule has 1 aromatic heterocycles. The number of anilines is 1. The minimum Gasteiger partial charge on any atom is -0.481 e. The van der Waals surface area contributed by atoms with Gasteiger partial charge < -0.3 is 16.2 Å². The van der Waals surface area contributed by atoms with Crippen molar-refractivity contribution in [2.45, 2.75) is 32.6 Å². The van der Waals surface area contributed by atoms with Gasteiger partial charge in [-0.05, 0) is 30.9 Å². The highest BCUT2D eigenvalue weighted by molar-refractivity contribution is 5.90. The summed E-state index contributed by atoms with van der Waals surface area (Å²) < 4.78 is 0. The summed E-state index contributed by atoms with van der Waals surface area (Å²) in [5.74, 6) is -0.423. The summed E-state index contributed by atoms with van der Waals surface area (Å²) in [4.78, 5) is 21.4. The summed E-state index contributed by atoms with van der Waals surface area (Å²) in [7, 11) is 0. The molecule has 0 aliphatic heterocycles. The van der Waals surface area contributed by atoms with Gasteiger partial charge in [-0.15, -0.1) is 10.2 Å². The predicted octanol–water partition coefficient (Wildman–Crippen LogP) is 1.27. The second-order valence-electron chi connectivity index (χ2n) is 4.59. The summed E-state index contributed by atoms with van der Waals surface area (Å²) in [5.41, 5.74) is 5.20. The minimum absolute atomic E-state index is 0.128. The first-order valence-electron chi connectivity index (χ1n) is 6.62. The Hall–Kier alpha value is -2.18. The molecule has 7 heteroatoms. The number of hydrogen-bond acceptors (Lipinski definition) is 5. The molecule has 4 N–H and O–H groups in total. The van der Waals surface area contributed by atoms with Crippen molar-refractivity contribution in [1.82, 2.24) is 10.2 Å². The summed E-state index contributed by atoms with van der Waals surface area (Å²) >= 11 is 0. The number of carbonyl (C=O) groups excluding carboxylic acids is 1. The van der Waals surface area contributed by atoms with Crippen LogP contribution < -0.4 is 11.1 Å². The van der Waals surface area contributed by atoms with Gasteiger partial charge in [-0.25, -0.2) is 0 Å². The first-order valence-corrected chi connectivity index (χ1v) is 6.62. The number of nitrogens with zero attached hydrogens (tertiary/aromatic N) is 2. The van der Waals surface area contributed by atoms with Gasteiger partial charge in [0.05, 0.1) is 0 Å². The van der Waals surface area contributed by atoms with Gasteiger partial charge in [0, 0.05) is 13.0 Å². The molecule has 0 saturated heterocycles. The molecule has 7 nitrogen and oxygen atoms in total. The molecule has 20 heavy (non-hydrogen) atoms. The first-order chi connectivity index (χ1) is 9.52. The van der Waals surface area contributed by atoms with E-state index in [4.69, 9.17) is 10.8 Å². The molecule has 1 atom stereocenters. The summed E-state index contributed by atoms with van der Waals surface area (Å²) in [5, 5.41) is 19.3. The normalized spacial score (nSPS) is 11.8. The molecule has 1 heterocycles. The average molecular weight is 280 g/mol. The van der Waals surface area contributed by atoms with E-state index < -0.39 is 11.9 Å². The zero-order chi connectivity index (χ0) is 15.0. The van der Waals surface area contributed by atoms with Gasteiger partial charge in [-0.2, -0.15) is 0 Å². The fourth-order valence-corrected chi connectivity index (χ4v) is 1.84. The maximum Gasteiger partial charge on any atom is 0.303 e. The maximum atomic E-state index is 10.8. The van der Waals surface area contributed by atoms with Crippen LogP contribution in [0.4, 0.5) is 5.82 Å². The van der Waals surface area contributed by atoms with Crippen LogP contribution >= 0.6 is 0 Å². The Labute approximate surface area is 117 Å². The number of carbonyl (C=O) groups is 2. The predicted molar refractivity (Wildman–Crippen MR) is 74.3 cm³/mol. The number of aromatic nitrogens is 2. The van der Waals surface area contributed by atoms with Crippen LogP contribution in [0.25, 0.3) is 0 Å². The van der Waals surface area contributed by atoms with Gasteiger partial charge in [-0.3, -0.25) is 9.59 Å². The molecule has 110 valence electrons. The quantitative estimate of drug-likeness (QED) is 0.626. The lowest BCUT2D eigenvalue weighted by Gasteiger charge is -2.14. The van der Waals surface area contributed by atoms with Crippen molar-refractivity contribution in [3.8, 4) is 0 Å². The zero-order valence-corrected chi connectivity index (χ0v) is 11.5. The highest BCUT2D eigenvalue weighted by Gasteiger charge is 2.09. The van der Waals surface area contributed by atoms with Crippen molar-refractivity contribution in [1.29, 1.82) is 0 Å². The number of hydrogen-bond donors (Lipinski definition) is 3. The van der Waals surface area contributed by atoms with E-state index >= 15 is 0 Å². The second-order valence-corrected chi connectivity index (χ2v) is 4.59. The number of aliphatic carboxylic acids is 1. The summed E-state index contributed by atoms with van der Waals surface area (Å²) in [6.07, 6.45) is 2.69. The molecule has 1 unspecified atom stereocenters. The molecule has 0 aliphatic carbocycles. The molecule has 1 rings (SSSR count). The van der Waals surface area contributed by atoms with Crippen LogP contribution in [0, 0.1) is 5.92 Å². The van der Waals surface area contributed by atoms with E-state index in [0.717, 1.165) is 12.8 Å². The molecule has 0 spiro atoms. The van der Waals surface area contributed by atoms with Gasteiger partial charge >= 0.3 is 5.97 Å². The molecule has 1 aromatic rings. The Morgan fingerprint density at radius 3 is 2.60 bits per heavy atom. The molecule has 1 amide bonds.